The quantitative estimate of drug-likeness (QED) is 0.569. The van der Waals surface area contributed by atoms with E-state index in [4.69, 9.17) is 14.0 Å². The Morgan fingerprint density at radius 1 is 1.23 bits per heavy atom. The second kappa shape index (κ2) is 6.62. The number of nitrogens with zero attached hydrogens (tertiary/aromatic N) is 4. The van der Waals surface area contributed by atoms with Gasteiger partial charge in [0.05, 0.1) is 20.3 Å². The molecular formula is C12H15N4O5S+. The maximum Gasteiger partial charge on any atom is 0.271 e. The van der Waals surface area contributed by atoms with Gasteiger partial charge in [-0.1, -0.05) is 4.68 Å². The first-order valence-electron chi connectivity index (χ1n) is 6.19. The van der Waals surface area contributed by atoms with Crippen molar-refractivity contribution in [3.8, 4) is 23.1 Å². The second-order valence-electron chi connectivity index (χ2n) is 4.24. The number of hydrogen-bond donors (Lipinski definition) is 1. The second-order valence-corrected chi connectivity index (χ2v) is 5.81. The number of methoxy groups -OCH3 is 2. The zero-order valence-electron chi connectivity index (χ0n) is 12.0. The van der Waals surface area contributed by atoms with Crippen molar-refractivity contribution in [3.63, 3.8) is 0 Å². The van der Waals surface area contributed by atoms with Crippen molar-refractivity contribution in [1.29, 1.82) is 0 Å². The molecule has 0 amide bonds. The highest BCUT2D eigenvalue weighted by Gasteiger charge is 2.13. The third-order valence-corrected chi connectivity index (χ3v) is 3.40. The van der Waals surface area contributed by atoms with Crippen LogP contribution < -0.4 is 14.2 Å². The Bertz CT molecular complexity index is 726. The molecule has 0 aromatic carbocycles. The van der Waals surface area contributed by atoms with Crippen LogP contribution in [0.15, 0.2) is 24.5 Å². The molecule has 2 aromatic rings. The molecule has 0 radical (unpaired) electrons. The van der Waals surface area contributed by atoms with Crippen LogP contribution >= 0.6 is 0 Å². The normalized spacial score (nSPS) is 11.2. The fourth-order valence-corrected chi connectivity index (χ4v) is 2.02. The predicted octanol–water partition coefficient (Wildman–Crippen LogP) is -0.269. The number of aromatic nitrogens is 4. The Kier molecular flexibility index (Phi) is 4.83. The average Bonchev–Trinajstić information content (AvgIpc) is 2.52. The Hall–Kier alpha value is -2.33. The molecule has 0 saturated carbocycles. The van der Waals surface area contributed by atoms with E-state index >= 15 is 0 Å². The van der Waals surface area contributed by atoms with Gasteiger partial charge in [-0.05, 0) is 5.10 Å². The Morgan fingerprint density at radius 3 is 2.32 bits per heavy atom. The molecule has 0 bridgehead atoms. The lowest BCUT2D eigenvalue weighted by Gasteiger charge is -2.05. The van der Waals surface area contributed by atoms with E-state index in [1.807, 2.05) is 0 Å². The van der Waals surface area contributed by atoms with Crippen LogP contribution in [-0.2, 0) is 16.7 Å². The summed E-state index contributed by atoms with van der Waals surface area (Å²) in [4.78, 5) is 8.37. The first-order valence-corrected chi connectivity index (χ1v) is 7.80. The molecule has 9 nitrogen and oxygen atoms in total. The molecule has 0 aliphatic rings. The molecular weight excluding hydrogens is 312 g/mol. The van der Waals surface area contributed by atoms with E-state index in [-0.39, 0.29) is 6.54 Å². The van der Waals surface area contributed by atoms with Crippen LogP contribution in [0.5, 0.6) is 11.8 Å². The highest BCUT2D eigenvalue weighted by molar-refractivity contribution is 7.85. The summed E-state index contributed by atoms with van der Waals surface area (Å²) in [6.07, 6.45) is 3.05. The third kappa shape index (κ3) is 4.33. The van der Waals surface area contributed by atoms with Gasteiger partial charge in [-0.25, -0.2) is 0 Å². The largest absolute Gasteiger partial charge is 0.481 e. The van der Waals surface area contributed by atoms with E-state index in [0.29, 0.717) is 23.1 Å². The summed E-state index contributed by atoms with van der Waals surface area (Å²) >= 11 is 0. The highest BCUT2D eigenvalue weighted by Crippen LogP contribution is 2.21. The molecule has 2 heterocycles. The number of rotatable bonds is 6. The predicted molar refractivity (Wildman–Crippen MR) is 75.0 cm³/mol. The van der Waals surface area contributed by atoms with Crippen LogP contribution in [0.1, 0.15) is 0 Å². The molecule has 0 unspecified atom stereocenters. The van der Waals surface area contributed by atoms with Crippen LogP contribution in [0.25, 0.3) is 11.4 Å². The zero-order chi connectivity index (χ0) is 16.2. The van der Waals surface area contributed by atoms with Gasteiger partial charge in [-0.3, -0.25) is 4.55 Å². The number of ether oxygens (including phenoxy) is 2. The molecule has 1 N–H and O–H groups in total. The zero-order valence-corrected chi connectivity index (χ0v) is 12.8. The van der Waals surface area contributed by atoms with Crippen LogP contribution in [0.3, 0.4) is 0 Å². The van der Waals surface area contributed by atoms with Crippen molar-refractivity contribution in [3.05, 3.63) is 24.5 Å². The smallest absolute Gasteiger partial charge is 0.271 e. The van der Waals surface area contributed by atoms with Crippen LogP contribution in [0.2, 0.25) is 0 Å². The van der Waals surface area contributed by atoms with E-state index in [1.54, 1.807) is 18.3 Å². The minimum atomic E-state index is -4.02. The van der Waals surface area contributed by atoms with E-state index in [2.05, 4.69) is 15.1 Å². The lowest BCUT2D eigenvalue weighted by Crippen LogP contribution is -2.40. The van der Waals surface area contributed by atoms with Gasteiger partial charge in [-0.2, -0.15) is 18.4 Å². The first-order chi connectivity index (χ1) is 10.4. The van der Waals surface area contributed by atoms with Gasteiger partial charge in [-0.15, -0.1) is 0 Å². The SMILES string of the molecule is COc1cc(OC)nc(-c2cc[n+](CCS(=O)(=O)O)nc2)n1. The Morgan fingerprint density at radius 2 is 1.86 bits per heavy atom. The van der Waals surface area contributed by atoms with Gasteiger partial charge < -0.3 is 9.47 Å². The Balaban J connectivity index is 2.23. The van der Waals surface area contributed by atoms with Crippen molar-refractivity contribution in [2.75, 3.05) is 20.0 Å². The number of aryl methyl sites for hydroxylation is 1. The van der Waals surface area contributed by atoms with Gasteiger partial charge in [0.25, 0.3) is 10.1 Å². The minimum absolute atomic E-state index is 0.0431. The molecule has 2 rings (SSSR count). The molecule has 0 saturated heterocycles. The summed E-state index contributed by atoms with van der Waals surface area (Å²) in [6, 6.07) is 3.22. The van der Waals surface area contributed by atoms with Crippen molar-refractivity contribution in [2.24, 2.45) is 0 Å². The summed E-state index contributed by atoms with van der Waals surface area (Å²) < 4.78 is 41.6. The monoisotopic (exact) mass is 327 g/mol. The summed E-state index contributed by atoms with van der Waals surface area (Å²) in [6.45, 7) is 0.0431. The minimum Gasteiger partial charge on any atom is -0.481 e. The molecule has 0 aliphatic heterocycles. The third-order valence-electron chi connectivity index (χ3n) is 2.71. The average molecular weight is 327 g/mol. The highest BCUT2D eigenvalue weighted by atomic mass is 32.2. The molecule has 118 valence electrons. The Labute approximate surface area is 127 Å². The van der Waals surface area contributed by atoms with Gasteiger partial charge in [0.1, 0.15) is 11.9 Å². The standard InChI is InChI=1S/C12H14N4O5S/c1-20-10-7-11(21-2)15-12(14-10)9-3-4-16(13-8-9)5-6-22(17,18)19/h3-4,7-8H,5-6H2,1-2H3/p+1. The van der Waals surface area contributed by atoms with E-state index < -0.39 is 15.9 Å². The van der Waals surface area contributed by atoms with Gasteiger partial charge in [0.2, 0.25) is 11.8 Å². The summed E-state index contributed by atoms with van der Waals surface area (Å²) in [5, 5.41) is 4.05. The fraction of sp³-hybridized carbons (Fsp3) is 0.333. The van der Waals surface area contributed by atoms with E-state index in [0.717, 1.165) is 0 Å². The van der Waals surface area contributed by atoms with Crippen molar-refractivity contribution in [1.82, 2.24) is 15.1 Å². The van der Waals surface area contributed by atoms with Gasteiger partial charge in [0, 0.05) is 11.6 Å². The van der Waals surface area contributed by atoms with Gasteiger partial charge in [0.15, 0.2) is 18.6 Å². The lowest BCUT2D eigenvalue weighted by molar-refractivity contribution is -0.750. The van der Waals surface area contributed by atoms with Crippen LogP contribution in [0.4, 0.5) is 0 Å². The molecule has 22 heavy (non-hydrogen) atoms. The fourth-order valence-electron chi connectivity index (χ4n) is 1.60. The number of hydrogen-bond acceptors (Lipinski definition) is 7. The van der Waals surface area contributed by atoms with Crippen LogP contribution in [0, 0.1) is 0 Å². The lowest BCUT2D eigenvalue weighted by atomic mass is 10.3. The summed E-state index contributed by atoms with van der Waals surface area (Å²) in [5.74, 6) is 0.661. The summed E-state index contributed by atoms with van der Waals surface area (Å²) in [5.41, 5.74) is 0.611. The first kappa shape index (κ1) is 16.0. The molecule has 2 aromatic heterocycles. The van der Waals surface area contributed by atoms with Crippen molar-refractivity contribution >= 4 is 10.1 Å². The van der Waals surface area contributed by atoms with Crippen molar-refractivity contribution in [2.45, 2.75) is 6.54 Å². The summed E-state index contributed by atoms with van der Waals surface area (Å²) in [7, 11) is -1.05. The van der Waals surface area contributed by atoms with Gasteiger partial charge >= 0.3 is 0 Å². The molecule has 0 spiro atoms. The molecule has 0 atom stereocenters. The van der Waals surface area contributed by atoms with E-state index in [1.165, 1.54) is 25.1 Å². The van der Waals surface area contributed by atoms with E-state index in [9.17, 15) is 8.42 Å². The van der Waals surface area contributed by atoms with Crippen molar-refractivity contribution < 1.29 is 27.1 Å². The maximum atomic E-state index is 10.7. The molecule has 10 heteroatoms. The maximum absolute atomic E-state index is 10.7. The van der Waals surface area contributed by atoms with Crippen LogP contribution in [-0.4, -0.2) is 48.0 Å². The molecule has 0 aliphatic carbocycles. The molecule has 0 fully saturated rings. The topological polar surface area (TPSA) is 115 Å².